The number of hydrogen-bond donors (Lipinski definition) is 2. The molecular weight excluding hydrogens is 328 g/mol. The molecular formula is C12H8N4O6S. The zero-order valence-electron chi connectivity index (χ0n) is 11.2. The lowest BCUT2D eigenvalue weighted by atomic mass is 10.0. The number of sulfone groups is 1. The van der Waals surface area contributed by atoms with E-state index in [0.29, 0.717) is 0 Å². The molecule has 0 aromatic heterocycles. The van der Waals surface area contributed by atoms with E-state index in [0.717, 1.165) is 24.3 Å². The normalized spacial score (nSPS) is 14.1. The van der Waals surface area contributed by atoms with E-state index in [1.54, 1.807) is 0 Å². The number of nitrogens with zero attached hydrogens (tertiary/aromatic N) is 2. The predicted octanol–water partition coefficient (Wildman–Crippen LogP) is 1.48. The third-order valence-corrected chi connectivity index (χ3v) is 5.35. The van der Waals surface area contributed by atoms with Crippen LogP contribution in [0.15, 0.2) is 34.1 Å². The van der Waals surface area contributed by atoms with Gasteiger partial charge in [0.05, 0.1) is 19.6 Å². The topological polar surface area (TPSA) is 172 Å². The van der Waals surface area contributed by atoms with Gasteiger partial charge < -0.3 is 11.5 Å². The van der Waals surface area contributed by atoms with Crippen LogP contribution in [0.2, 0.25) is 0 Å². The summed E-state index contributed by atoms with van der Waals surface area (Å²) in [5, 5.41) is 21.8. The summed E-state index contributed by atoms with van der Waals surface area (Å²) in [6.07, 6.45) is 0. The van der Waals surface area contributed by atoms with Crippen LogP contribution < -0.4 is 11.5 Å². The van der Waals surface area contributed by atoms with Crippen molar-refractivity contribution in [3.8, 4) is 11.1 Å². The van der Waals surface area contributed by atoms with Crippen molar-refractivity contribution in [2.45, 2.75) is 9.79 Å². The van der Waals surface area contributed by atoms with Crippen molar-refractivity contribution in [1.29, 1.82) is 0 Å². The van der Waals surface area contributed by atoms with E-state index < -0.39 is 31.1 Å². The van der Waals surface area contributed by atoms with Gasteiger partial charge >= 0.3 is 0 Å². The summed E-state index contributed by atoms with van der Waals surface area (Å²) in [6, 6.07) is 4.01. The van der Waals surface area contributed by atoms with Gasteiger partial charge in [-0.25, -0.2) is 8.42 Å². The molecule has 0 amide bonds. The van der Waals surface area contributed by atoms with Gasteiger partial charge in [-0.1, -0.05) is 0 Å². The maximum Gasteiger partial charge on any atom is 0.293 e. The van der Waals surface area contributed by atoms with Gasteiger partial charge in [0, 0.05) is 23.3 Å². The Morgan fingerprint density at radius 3 is 1.43 bits per heavy atom. The summed E-state index contributed by atoms with van der Waals surface area (Å²) in [5.41, 5.74) is 9.89. The van der Waals surface area contributed by atoms with Gasteiger partial charge in [-0.05, 0) is 12.1 Å². The Bertz CT molecular complexity index is 939. The standard InChI is InChI=1S/C12H8N4O6S/c13-7-1-5-6-2-8(14)10(16(19)20)4-12(6)23(21,22)11(5)3-9(7)15(17)18/h1-4H,13-14H2. The molecule has 0 bridgehead atoms. The van der Waals surface area contributed by atoms with Gasteiger partial charge in [0.25, 0.3) is 11.4 Å². The van der Waals surface area contributed by atoms with E-state index in [9.17, 15) is 28.6 Å². The average molecular weight is 336 g/mol. The van der Waals surface area contributed by atoms with Crippen LogP contribution in [0.5, 0.6) is 0 Å². The van der Waals surface area contributed by atoms with Crippen molar-refractivity contribution in [3.63, 3.8) is 0 Å². The molecule has 0 atom stereocenters. The summed E-state index contributed by atoms with van der Waals surface area (Å²) < 4.78 is 25.0. The van der Waals surface area contributed by atoms with E-state index in [-0.39, 0.29) is 32.3 Å². The minimum absolute atomic E-state index is 0.129. The molecule has 4 N–H and O–H groups in total. The van der Waals surface area contributed by atoms with Crippen molar-refractivity contribution in [3.05, 3.63) is 44.5 Å². The highest BCUT2D eigenvalue weighted by Crippen LogP contribution is 2.48. The number of anilines is 2. The quantitative estimate of drug-likeness (QED) is 0.402. The van der Waals surface area contributed by atoms with Crippen molar-refractivity contribution >= 4 is 32.6 Å². The highest BCUT2D eigenvalue weighted by Gasteiger charge is 2.37. The molecule has 118 valence electrons. The highest BCUT2D eigenvalue weighted by molar-refractivity contribution is 7.92. The van der Waals surface area contributed by atoms with Crippen molar-refractivity contribution < 1.29 is 18.3 Å². The van der Waals surface area contributed by atoms with E-state index >= 15 is 0 Å². The van der Waals surface area contributed by atoms with Crippen LogP contribution >= 0.6 is 0 Å². The molecule has 3 rings (SSSR count). The number of rotatable bonds is 2. The number of fused-ring (bicyclic) bond motifs is 3. The molecule has 0 fully saturated rings. The van der Waals surface area contributed by atoms with Crippen molar-refractivity contribution in [1.82, 2.24) is 0 Å². The van der Waals surface area contributed by atoms with Gasteiger partial charge in [-0.2, -0.15) is 0 Å². The SMILES string of the molecule is Nc1cc2c(cc1[N+](=O)[O-])S(=O)(=O)c1cc([N+](=O)[O-])c(N)cc1-2. The van der Waals surface area contributed by atoms with Gasteiger partial charge in [-0.15, -0.1) is 0 Å². The second-order valence-electron chi connectivity index (χ2n) is 4.83. The van der Waals surface area contributed by atoms with E-state index in [1.807, 2.05) is 0 Å². The lowest BCUT2D eigenvalue weighted by molar-refractivity contribution is -0.384. The van der Waals surface area contributed by atoms with Gasteiger partial charge in [-0.3, -0.25) is 20.2 Å². The molecule has 0 spiro atoms. The summed E-state index contributed by atoms with van der Waals surface area (Å²) in [7, 11) is -4.13. The van der Waals surface area contributed by atoms with Crippen molar-refractivity contribution in [2.24, 2.45) is 0 Å². The molecule has 1 aliphatic heterocycles. The Morgan fingerprint density at radius 2 is 1.13 bits per heavy atom. The molecule has 11 heteroatoms. The number of hydrogen-bond acceptors (Lipinski definition) is 8. The monoisotopic (exact) mass is 336 g/mol. The summed E-state index contributed by atoms with van der Waals surface area (Å²) >= 11 is 0. The van der Waals surface area contributed by atoms with E-state index in [4.69, 9.17) is 11.5 Å². The zero-order valence-corrected chi connectivity index (χ0v) is 12.0. The van der Waals surface area contributed by atoms with Crippen LogP contribution in [0.4, 0.5) is 22.7 Å². The van der Waals surface area contributed by atoms with Crippen LogP contribution in [0.3, 0.4) is 0 Å². The second kappa shape index (κ2) is 4.39. The van der Waals surface area contributed by atoms with Crippen LogP contribution in [0, 0.1) is 20.2 Å². The molecule has 1 aliphatic rings. The largest absolute Gasteiger partial charge is 0.393 e. The molecule has 2 aromatic carbocycles. The average Bonchev–Trinajstić information content (AvgIpc) is 2.64. The molecule has 2 aromatic rings. The van der Waals surface area contributed by atoms with Crippen LogP contribution in [-0.2, 0) is 9.84 Å². The van der Waals surface area contributed by atoms with Gasteiger partial charge in [0.2, 0.25) is 9.84 Å². The Kier molecular flexibility index (Phi) is 2.81. The third-order valence-electron chi connectivity index (χ3n) is 3.52. The van der Waals surface area contributed by atoms with Gasteiger partial charge in [0.15, 0.2) is 0 Å². The first-order valence-corrected chi connectivity index (χ1v) is 7.54. The number of nitrogens with two attached hydrogens (primary N) is 2. The lowest BCUT2D eigenvalue weighted by Crippen LogP contribution is -2.01. The zero-order chi connectivity index (χ0) is 17.1. The Labute approximate surface area is 128 Å². The highest BCUT2D eigenvalue weighted by atomic mass is 32.2. The fraction of sp³-hybridized carbons (Fsp3) is 0. The summed E-state index contributed by atoms with van der Waals surface area (Å²) in [6.45, 7) is 0. The first-order chi connectivity index (χ1) is 10.6. The predicted molar refractivity (Wildman–Crippen MR) is 79.5 cm³/mol. The fourth-order valence-corrected chi connectivity index (χ4v) is 4.16. The van der Waals surface area contributed by atoms with Crippen LogP contribution in [0.1, 0.15) is 0 Å². The Balaban J connectivity index is 2.40. The Hall–Kier alpha value is -3.21. The van der Waals surface area contributed by atoms with Gasteiger partial charge in [0.1, 0.15) is 11.4 Å². The minimum atomic E-state index is -4.13. The molecule has 0 saturated heterocycles. The minimum Gasteiger partial charge on any atom is -0.393 e. The molecule has 1 heterocycles. The summed E-state index contributed by atoms with van der Waals surface area (Å²) in [5.74, 6) is 0. The molecule has 23 heavy (non-hydrogen) atoms. The third kappa shape index (κ3) is 1.90. The molecule has 0 unspecified atom stereocenters. The summed E-state index contributed by atoms with van der Waals surface area (Å²) in [4.78, 5) is 19.6. The van der Waals surface area contributed by atoms with Crippen LogP contribution in [0.25, 0.3) is 11.1 Å². The molecule has 0 saturated carbocycles. The first kappa shape index (κ1) is 14.7. The molecule has 0 radical (unpaired) electrons. The first-order valence-electron chi connectivity index (χ1n) is 6.06. The van der Waals surface area contributed by atoms with E-state index in [1.165, 1.54) is 0 Å². The number of nitrogen functional groups attached to an aromatic ring is 2. The number of benzene rings is 2. The number of nitro benzene ring substituents is 2. The fourth-order valence-electron chi connectivity index (χ4n) is 2.47. The smallest absolute Gasteiger partial charge is 0.293 e. The Morgan fingerprint density at radius 1 is 0.783 bits per heavy atom. The molecule has 10 nitrogen and oxygen atoms in total. The van der Waals surface area contributed by atoms with E-state index in [2.05, 4.69) is 0 Å². The van der Waals surface area contributed by atoms with Crippen molar-refractivity contribution in [2.75, 3.05) is 11.5 Å². The second-order valence-corrected chi connectivity index (χ2v) is 6.72. The lowest BCUT2D eigenvalue weighted by Gasteiger charge is -2.03. The maximum absolute atomic E-state index is 12.5. The van der Waals surface area contributed by atoms with Crippen LogP contribution in [-0.4, -0.2) is 18.3 Å². The number of nitro groups is 2. The maximum atomic E-state index is 12.5. The molecule has 0 aliphatic carbocycles.